The van der Waals surface area contributed by atoms with Crippen LogP contribution in [0.3, 0.4) is 0 Å². The Labute approximate surface area is 114 Å². The number of rotatable bonds is 6. The summed E-state index contributed by atoms with van der Waals surface area (Å²) in [4.78, 5) is 11.0. The summed E-state index contributed by atoms with van der Waals surface area (Å²) in [6.07, 6.45) is 5.02. The van der Waals surface area contributed by atoms with Crippen molar-refractivity contribution in [2.24, 2.45) is 5.41 Å². The third kappa shape index (κ3) is 4.48. The molecule has 0 fully saturated rings. The summed E-state index contributed by atoms with van der Waals surface area (Å²) in [7, 11) is 0. The summed E-state index contributed by atoms with van der Waals surface area (Å²) in [5.41, 5.74) is 0.908. The summed E-state index contributed by atoms with van der Waals surface area (Å²) in [5, 5.41) is 28.6. The highest BCUT2D eigenvalue weighted by Crippen LogP contribution is 2.27. The molecule has 0 aromatic heterocycles. The van der Waals surface area contributed by atoms with E-state index in [9.17, 15) is 15.0 Å². The van der Waals surface area contributed by atoms with Gasteiger partial charge < -0.3 is 15.3 Å². The fraction of sp³-hybridized carbons (Fsp3) is 0.667. The predicted octanol–water partition coefficient (Wildman–Crippen LogP) is 2.27. The molecule has 0 saturated heterocycles. The molecule has 0 bridgehead atoms. The molecule has 0 amide bonds. The normalized spacial score (nSPS) is 23.8. The quantitative estimate of drug-likeness (QED) is 0.510. The molecular formula is C15H24O4. The molecule has 1 aliphatic carbocycles. The number of aliphatic hydroxyl groups is 2. The van der Waals surface area contributed by atoms with Gasteiger partial charge in [-0.1, -0.05) is 18.6 Å². The van der Waals surface area contributed by atoms with Crippen molar-refractivity contribution in [3.8, 4) is 0 Å². The molecule has 0 saturated carbocycles. The second kappa shape index (κ2) is 6.35. The Balaban J connectivity index is 2.40. The van der Waals surface area contributed by atoms with Crippen LogP contribution in [0.2, 0.25) is 0 Å². The van der Waals surface area contributed by atoms with E-state index in [1.165, 1.54) is 0 Å². The first-order chi connectivity index (χ1) is 8.74. The van der Waals surface area contributed by atoms with Crippen LogP contribution in [-0.2, 0) is 4.79 Å². The SMILES string of the molecule is CC1=CC(O)C=C(CCCCC(C)(C)C(=O)O)C1O. The molecule has 2 atom stereocenters. The van der Waals surface area contributed by atoms with Gasteiger partial charge in [0.05, 0.1) is 17.6 Å². The van der Waals surface area contributed by atoms with Gasteiger partial charge in [0.2, 0.25) is 0 Å². The summed E-state index contributed by atoms with van der Waals surface area (Å²) in [5.74, 6) is -0.779. The van der Waals surface area contributed by atoms with E-state index in [0.29, 0.717) is 12.8 Å². The van der Waals surface area contributed by atoms with E-state index >= 15 is 0 Å². The first kappa shape index (κ1) is 15.9. The van der Waals surface area contributed by atoms with Gasteiger partial charge in [-0.2, -0.15) is 0 Å². The lowest BCUT2D eigenvalue weighted by molar-refractivity contribution is -0.147. The van der Waals surface area contributed by atoms with E-state index < -0.39 is 23.6 Å². The Morgan fingerprint density at radius 2 is 1.89 bits per heavy atom. The van der Waals surface area contributed by atoms with Crippen LogP contribution in [0.1, 0.15) is 46.5 Å². The van der Waals surface area contributed by atoms with Gasteiger partial charge in [0.25, 0.3) is 0 Å². The first-order valence-electron chi connectivity index (χ1n) is 6.72. The molecule has 19 heavy (non-hydrogen) atoms. The zero-order chi connectivity index (χ0) is 14.6. The van der Waals surface area contributed by atoms with Crippen molar-refractivity contribution in [2.45, 2.75) is 58.7 Å². The number of unbranched alkanes of at least 4 members (excludes halogenated alkanes) is 1. The largest absolute Gasteiger partial charge is 0.481 e. The fourth-order valence-electron chi connectivity index (χ4n) is 2.23. The highest BCUT2D eigenvalue weighted by atomic mass is 16.4. The standard InChI is InChI=1S/C15H24O4/c1-10-8-12(16)9-11(13(10)17)6-4-5-7-15(2,3)14(18)19/h8-9,12-13,16-17H,4-7H2,1-3H3,(H,18,19). The van der Waals surface area contributed by atoms with Gasteiger partial charge in [-0.05, 0) is 51.2 Å². The predicted molar refractivity (Wildman–Crippen MR) is 73.7 cm³/mol. The molecule has 0 spiro atoms. The van der Waals surface area contributed by atoms with Crippen molar-refractivity contribution in [2.75, 3.05) is 0 Å². The van der Waals surface area contributed by atoms with Crippen LogP contribution >= 0.6 is 0 Å². The van der Waals surface area contributed by atoms with Gasteiger partial charge in [-0.15, -0.1) is 0 Å². The van der Waals surface area contributed by atoms with Crippen LogP contribution in [0.4, 0.5) is 0 Å². The Morgan fingerprint density at radius 3 is 2.47 bits per heavy atom. The minimum absolute atomic E-state index is 0.601. The Hall–Kier alpha value is -1.13. The number of carboxylic acid groups (broad SMARTS) is 1. The maximum atomic E-state index is 11.0. The molecule has 0 heterocycles. The highest BCUT2D eigenvalue weighted by Gasteiger charge is 2.26. The average Bonchev–Trinajstić information content (AvgIpc) is 2.30. The van der Waals surface area contributed by atoms with E-state index in [1.807, 2.05) is 0 Å². The molecule has 2 unspecified atom stereocenters. The van der Waals surface area contributed by atoms with Crippen LogP contribution in [0.15, 0.2) is 23.3 Å². The second-order valence-electron chi connectivity index (χ2n) is 5.94. The lowest BCUT2D eigenvalue weighted by Crippen LogP contribution is -2.23. The average molecular weight is 268 g/mol. The third-order valence-electron chi connectivity index (χ3n) is 3.70. The van der Waals surface area contributed by atoms with E-state index in [4.69, 9.17) is 5.11 Å². The molecule has 0 aliphatic heterocycles. The van der Waals surface area contributed by atoms with Crippen LogP contribution in [-0.4, -0.2) is 33.5 Å². The monoisotopic (exact) mass is 268 g/mol. The van der Waals surface area contributed by atoms with Gasteiger partial charge >= 0.3 is 5.97 Å². The van der Waals surface area contributed by atoms with Gasteiger partial charge in [0.1, 0.15) is 0 Å². The van der Waals surface area contributed by atoms with E-state index in [-0.39, 0.29) is 0 Å². The Morgan fingerprint density at radius 1 is 1.26 bits per heavy atom. The molecule has 4 nitrogen and oxygen atoms in total. The molecule has 3 N–H and O–H groups in total. The number of hydrogen-bond acceptors (Lipinski definition) is 3. The van der Waals surface area contributed by atoms with Crippen LogP contribution in [0, 0.1) is 5.41 Å². The molecule has 1 aliphatic rings. The van der Waals surface area contributed by atoms with E-state index in [2.05, 4.69) is 0 Å². The minimum atomic E-state index is -0.779. The van der Waals surface area contributed by atoms with Crippen molar-refractivity contribution in [1.29, 1.82) is 0 Å². The Bertz CT molecular complexity index is 393. The van der Waals surface area contributed by atoms with Gasteiger partial charge in [-0.25, -0.2) is 0 Å². The highest BCUT2D eigenvalue weighted by molar-refractivity contribution is 5.73. The Kier molecular flexibility index (Phi) is 5.32. The summed E-state index contributed by atoms with van der Waals surface area (Å²) in [6.45, 7) is 5.25. The lowest BCUT2D eigenvalue weighted by Gasteiger charge is -2.23. The minimum Gasteiger partial charge on any atom is -0.481 e. The van der Waals surface area contributed by atoms with Gasteiger partial charge in [-0.3, -0.25) is 4.79 Å². The van der Waals surface area contributed by atoms with Crippen molar-refractivity contribution in [3.63, 3.8) is 0 Å². The molecule has 0 radical (unpaired) electrons. The third-order valence-corrected chi connectivity index (χ3v) is 3.70. The molecule has 1 rings (SSSR count). The second-order valence-corrected chi connectivity index (χ2v) is 5.94. The topological polar surface area (TPSA) is 77.8 Å². The summed E-state index contributed by atoms with van der Waals surface area (Å²) in [6, 6.07) is 0. The number of hydrogen-bond donors (Lipinski definition) is 3. The molecule has 0 aromatic rings. The zero-order valence-corrected chi connectivity index (χ0v) is 11.9. The maximum Gasteiger partial charge on any atom is 0.309 e. The lowest BCUT2D eigenvalue weighted by atomic mass is 9.85. The summed E-state index contributed by atoms with van der Waals surface area (Å²) >= 11 is 0. The number of aliphatic hydroxyl groups excluding tert-OH is 2. The molecule has 0 aromatic carbocycles. The van der Waals surface area contributed by atoms with Crippen LogP contribution < -0.4 is 0 Å². The molecule has 4 heteroatoms. The van der Waals surface area contributed by atoms with Gasteiger partial charge in [0.15, 0.2) is 0 Å². The molecule has 108 valence electrons. The van der Waals surface area contributed by atoms with Crippen molar-refractivity contribution in [1.82, 2.24) is 0 Å². The zero-order valence-electron chi connectivity index (χ0n) is 11.9. The van der Waals surface area contributed by atoms with Crippen LogP contribution in [0.5, 0.6) is 0 Å². The number of aliphatic carboxylic acids is 1. The molecular weight excluding hydrogens is 244 g/mol. The van der Waals surface area contributed by atoms with Crippen molar-refractivity contribution < 1.29 is 20.1 Å². The number of carboxylic acids is 1. The van der Waals surface area contributed by atoms with Crippen molar-refractivity contribution >= 4 is 5.97 Å². The summed E-state index contributed by atoms with van der Waals surface area (Å²) < 4.78 is 0. The first-order valence-corrected chi connectivity index (χ1v) is 6.72. The number of carbonyl (C=O) groups is 1. The smallest absolute Gasteiger partial charge is 0.309 e. The van der Waals surface area contributed by atoms with E-state index in [0.717, 1.165) is 24.0 Å². The fourth-order valence-corrected chi connectivity index (χ4v) is 2.23. The van der Waals surface area contributed by atoms with Crippen molar-refractivity contribution in [3.05, 3.63) is 23.3 Å². The van der Waals surface area contributed by atoms with Crippen LogP contribution in [0.25, 0.3) is 0 Å². The maximum absolute atomic E-state index is 11.0. The van der Waals surface area contributed by atoms with Gasteiger partial charge in [0, 0.05) is 0 Å². The van der Waals surface area contributed by atoms with E-state index in [1.54, 1.807) is 32.9 Å².